The van der Waals surface area contributed by atoms with Crippen LogP contribution in [0.25, 0.3) is 11.0 Å². The van der Waals surface area contributed by atoms with Gasteiger partial charge in [0.25, 0.3) is 0 Å². The minimum absolute atomic E-state index is 0.0127. The minimum Gasteiger partial charge on any atom is -0.379 e. The molecule has 3 heterocycles. The molecule has 1 atom stereocenters. The molecule has 0 N–H and O–H groups in total. The number of ether oxygens (including phenoxy) is 2. The van der Waals surface area contributed by atoms with Crippen molar-refractivity contribution in [1.29, 1.82) is 0 Å². The summed E-state index contributed by atoms with van der Waals surface area (Å²) in [7, 11) is -3.67. The smallest absolute Gasteiger partial charge is 0.243 e. The van der Waals surface area contributed by atoms with Crippen molar-refractivity contribution in [3.8, 4) is 0 Å². The molecule has 2 saturated heterocycles. The average molecular weight is 510 g/mol. The number of morpholine rings is 1. The lowest BCUT2D eigenvalue weighted by Crippen LogP contribution is -2.40. The number of thioether (sulfide) groups is 1. The molecular formula is C23H25F2N3O4S2. The van der Waals surface area contributed by atoms with Gasteiger partial charge in [-0.15, -0.1) is 0 Å². The standard InChI is InChI=1S/C23H25F2N3O4S2/c24-19-4-1-5-20(25)18(19)15-33-23-26-21-13-17(34(29,30)27-8-11-31-12-9-27)6-7-22(21)28(23)14-16-3-2-10-32-16/h1,4-7,13,16H,2-3,8-12,14-15H2. The summed E-state index contributed by atoms with van der Waals surface area (Å²) < 4.78 is 69.0. The summed E-state index contributed by atoms with van der Waals surface area (Å²) in [5.41, 5.74) is 1.26. The lowest BCUT2D eigenvalue weighted by atomic mass is 10.2. The van der Waals surface area contributed by atoms with Gasteiger partial charge in [0.15, 0.2) is 5.16 Å². The fourth-order valence-corrected chi connectivity index (χ4v) is 6.74. The summed E-state index contributed by atoms with van der Waals surface area (Å²) in [6.45, 7) is 2.58. The van der Waals surface area contributed by atoms with Crippen LogP contribution in [0.3, 0.4) is 0 Å². The maximum Gasteiger partial charge on any atom is 0.243 e. The van der Waals surface area contributed by atoms with Gasteiger partial charge in [0.05, 0.1) is 41.8 Å². The molecule has 2 aromatic carbocycles. The maximum absolute atomic E-state index is 14.2. The summed E-state index contributed by atoms with van der Waals surface area (Å²) in [6.07, 6.45) is 1.90. The van der Waals surface area contributed by atoms with Gasteiger partial charge in [0, 0.05) is 31.0 Å². The molecule has 11 heteroatoms. The van der Waals surface area contributed by atoms with E-state index in [0.717, 1.165) is 18.4 Å². The number of hydrogen-bond acceptors (Lipinski definition) is 6. The highest BCUT2D eigenvalue weighted by molar-refractivity contribution is 7.98. The first-order valence-electron chi connectivity index (χ1n) is 11.2. The minimum atomic E-state index is -3.67. The predicted molar refractivity (Wildman–Crippen MR) is 124 cm³/mol. The SMILES string of the molecule is O=S(=O)(c1ccc2c(c1)nc(SCc1c(F)cccc1F)n2CC1CCCO1)N1CCOCC1. The lowest BCUT2D eigenvalue weighted by Gasteiger charge is -2.26. The molecule has 34 heavy (non-hydrogen) atoms. The van der Waals surface area contributed by atoms with Crippen LogP contribution in [0, 0.1) is 11.6 Å². The first-order chi connectivity index (χ1) is 16.4. The lowest BCUT2D eigenvalue weighted by molar-refractivity contribution is 0.0730. The first-order valence-corrected chi connectivity index (χ1v) is 13.6. The van der Waals surface area contributed by atoms with Crippen molar-refractivity contribution >= 4 is 32.8 Å². The number of rotatable bonds is 7. The number of nitrogens with zero attached hydrogens (tertiary/aromatic N) is 3. The van der Waals surface area contributed by atoms with Crippen LogP contribution in [0.2, 0.25) is 0 Å². The Labute approximate surface area is 201 Å². The van der Waals surface area contributed by atoms with E-state index in [9.17, 15) is 17.2 Å². The predicted octanol–water partition coefficient (Wildman–Crippen LogP) is 3.81. The van der Waals surface area contributed by atoms with Crippen molar-refractivity contribution in [2.45, 2.75) is 41.3 Å². The fraction of sp³-hybridized carbons (Fsp3) is 0.435. The van der Waals surface area contributed by atoms with Crippen LogP contribution in [-0.2, 0) is 31.8 Å². The summed E-state index contributed by atoms with van der Waals surface area (Å²) in [5.74, 6) is -1.15. The molecule has 3 aromatic rings. The third-order valence-corrected chi connectivity index (χ3v) is 9.01. The molecule has 0 amide bonds. The van der Waals surface area contributed by atoms with Crippen LogP contribution in [0.1, 0.15) is 18.4 Å². The number of halogens is 2. The Morgan fingerprint density at radius 3 is 2.56 bits per heavy atom. The normalized spacial score (nSPS) is 19.8. The Balaban J connectivity index is 1.49. The fourth-order valence-electron chi connectivity index (χ4n) is 4.27. The Morgan fingerprint density at radius 2 is 1.85 bits per heavy atom. The quantitative estimate of drug-likeness (QED) is 0.451. The summed E-state index contributed by atoms with van der Waals surface area (Å²) >= 11 is 1.22. The Hall–Kier alpha value is -2.05. The molecule has 0 saturated carbocycles. The van der Waals surface area contributed by atoms with Crippen LogP contribution in [0.5, 0.6) is 0 Å². The third kappa shape index (κ3) is 4.72. The highest BCUT2D eigenvalue weighted by atomic mass is 32.2. The van der Waals surface area contributed by atoms with Gasteiger partial charge in [-0.2, -0.15) is 4.31 Å². The second-order valence-electron chi connectivity index (χ2n) is 8.30. The number of aromatic nitrogens is 2. The zero-order valence-corrected chi connectivity index (χ0v) is 20.1. The number of imidazole rings is 1. The molecule has 1 unspecified atom stereocenters. The van der Waals surface area contributed by atoms with Crippen molar-refractivity contribution in [3.05, 3.63) is 53.6 Å². The zero-order chi connectivity index (χ0) is 23.7. The van der Waals surface area contributed by atoms with Crippen LogP contribution in [0.4, 0.5) is 8.78 Å². The van der Waals surface area contributed by atoms with Gasteiger partial charge < -0.3 is 14.0 Å². The van der Waals surface area contributed by atoms with Gasteiger partial charge in [-0.05, 0) is 43.2 Å². The van der Waals surface area contributed by atoms with Gasteiger partial charge in [0.1, 0.15) is 11.6 Å². The van der Waals surface area contributed by atoms with E-state index in [4.69, 9.17) is 9.47 Å². The van der Waals surface area contributed by atoms with E-state index in [-0.39, 0.29) is 22.3 Å². The monoisotopic (exact) mass is 509 g/mol. The molecule has 2 aliphatic heterocycles. The molecule has 0 radical (unpaired) electrons. The van der Waals surface area contributed by atoms with Gasteiger partial charge in [-0.3, -0.25) is 0 Å². The molecule has 5 rings (SSSR count). The molecule has 2 fully saturated rings. The Bertz CT molecular complexity index is 1270. The molecule has 1 aromatic heterocycles. The van der Waals surface area contributed by atoms with E-state index < -0.39 is 21.7 Å². The van der Waals surface area contributed by atoms with Crippen molar-refractivity contribution in [1.82, 2.24) is 13.9 Å². The van der Waals surface area contributed by atoms with Gasteiger partial charge >= 0.3 is 0 Å². The topological polar surface area (TPSA) is 73.7 Å². The van der Waals surface area contributed by atoms with E-state index in [1.807, 2.05) is 4.57 Å². The first kappa shape index (κ1) is 23.7. The molecule has 182 valence electrons. The highest BCUT2D eigenvalue weighted by Crippen LogP contribution is 2.31. The zero-order valence-electron chi connectivity index (χ0n) is 18.5. The summed E-state index contributed by atoms with van der Waals surface area (Å²) in [5, 5.41) is 0.564. The van der Waals surface area contributed by atoms with E-state index in [0.29, 0.717) is 50.1 Å². The maximum atomic E-state index is 14.2. The van der Waals surface area contributed by atoms with Gasteiger partial charge in [-0.25, -0.2) is 22.2 Å². The molecule has 0 spiro atoms. The second-order valence-corrected chi connectivity index (χ2v) is 11.2. The van der Waals surface area contributed by atoms with Crippen LogP contribution in [0.15, 0.2) is 46.5 Å². The van der Waals surface area contributed by atoms with E-state index >= 15 is 0 Å². The van der Waals surface area contributed by atoms with E-state index in [1.54, 1.807) is 18.2 Å². The number of sulfonamides is 1. The van der Waals surface area contributed by atoms with Crippen LogP contribution < -0.4 is 0 Å². The molecule has 2 aliphatic rings. The van der Waals surface area contributed by atoms with Crippen molar-refractivity contribution in [3.63, 3.8) is 0 Å². The molecule has 0 bridgehead atoms. The van der Waals surface area contributed by atoms with Crippen LogP contribution >= 0.6 is 11.8 Å². The summed E-state index contributed by atoms with van der Waals surface area (Å²) in [6, 6.07) is 8.71. The summed E-state index contributed by atoms with van der Waals surface area (Å²) in [4.78, 5) is 4.83. The van der Waals surface area contributed by atoms with Gasteiger partial charge in [-0.1, -0.05) is 17.8 Å². The number of fused-ring (bicyclic) bond motifs is 1. The molecule has 7 nitrogen and oxygen atoms in total. The average Bonchev–Trinajstić information content (AvgIpc) is 3.47. The number of benzene rings is 2. The van der Waals surface area contributed by atoms with E-state index in [1.165, 1.54) is 34.3 Å². The Kier molecular flexibility index (Phi) is 6.90. The molecular weight excluding hydrogens is 484 g/mol. The molecule has 0 aliphatic carbocycles. The van der Waals surface area contributed by atoms with Crippen molar-refractivity contribution < 1.29 is 26.7 Å². The van der Waals surface area contributed by atoms with Crippen LogP contribution in [-0.4, -0.2) is 61.3 Å². The highest BCUT2D eigenvalue weighted by Gasteiger charge is 2.28. The van der Waals surface area contributed by atoms with Gasteiger partial charge in [0.2, 0.25) is 10.0 Å². The number of hydrogen-bond donors (Lipinski definition) is 0. The van der Waals surface area contributed by atoms with Crippen molar-refractivity contribution in [2.75, 3.05) is 32.9 Å². The Morgan fingerprint density at radius 1 is 1.09 bits per heavy atom. The van der Waals surface area contributed by atoms with Crippen molar-refractivity contribution in [2.24, 2.45) is 0 Å². The third-order valence-electron chi connectivity index (χ3n) is 6.11. The largest absolute Gasteiger partial charge is 0.379 e. The second kappa shape index (κ2) is 9.90. The van der Waals surface area contributed by atoms with E-state index in [2.05, 4.69) is 4.98 Å².